The van der Waals surface area contributed by atoms with Crippen molar-refractivity contribution in [3.63, 3.8) is 0 Å². The second kappa shape index (κ2) is 9.91. The maximum atomic E-state index is 13.3. The largest absolute Gasteiger partial charge is 0.395 e. The van der Waals surface area contributed by atoms with Crippen LogP contribution in [-0.2, 0) is 4.79 Å². The number of anilines is 2. The van der Waals surface area contributed by atoms with Crippen molar-refractivity contribution in [2.75, 3.05) is 17.2 Å². The molecule has 1 heterocycles. The van der Waals surface area contributed by atoms with E-state index in [1.54, 1.807) is 0 Å². The zero-order valence-corrected chi connectivity index (χ0v) is 18.7. The Kier molecular flexibility index (Phi) is 7.27. The van der Waals surface area contributed by atoms with E-state index >= 15 is 0 Å². The van der Waals surface area contributed by atoms with Crippen LogP contribution in [0.15, 0.2) is 24.3 Å². The quantitative estimate of drug-likeness (QED) is 0.605. The van der Waals surface area contributed by atoms with Crippen molar-refractivity contribution < 1.29 is 14.4 Å². The van der Waals surface area contributed by atoms with Crippen molar-refractivity contribution in [3.8, 4) is 0 Å². The number of primary amides is 1. The molecule has 5 N–H and O–H groups in total. The number of nitrogens with one attached hydrogen (secondary N) is 1. The van der Waals surface area contributed by atoms with Gasteiger partial charge in [-0.25, -0.2) is 0 Å². The van der Waals surface area contributed by atoms with Gasteiger partial charge in [0.1, 0.15) is 11.4 Å². The standard InChI is InChI=1S/C22H29N5O3S/c1-13(2)14-8-10-16(11-9-14)27(12-17(28)25-15-6-4-3-5-7-15)22(30)20-18(23)19(21(24)29)26-31-20/h8-11,13,15H,3-7,12,23H2,1-2H3,(H2,24,29)(H,25,28). The molecule has 31 heavy (non-hydrogen) atoms. The number of nitrogens with two attached hydrogens (primary N) is 2. The molecule has 1 fully saturated rings. The summed E-state index contributed by atoms with van der Waals surface area (Å²) in [5.74, 6) is -1.18. The summed E-state index contributed by atoms with van der Waals surface area (Å²) in [6, 6.07) is 7.63. The van der Waals surface area contributed by atoms with E-state index in [2.05, 4.69) is 23.5 Å². The van der Waals surface area contributed by atoms with Crippen molar-refractivity contribution in [2.45, 2.75) is 57.9 Å². The minimum Gasteiger partial charge on any atom is -0.395 e. The van der Waals surface area contributed by atoms with Crippen molar-refractivity contribution in [1.29, 1.82) is 0 Å². The number of nitrogen functional groups attached to an aromatic ring is 1. The topological polar surface area (TPSA) is 131 Å². The van der Waals surface area contributed by atoms with E-state index in [0.717, 1.165) is 42.8 Å². The molecule has 0 saturated heterocycles. The first kappa shape index (κ1) is 22.7. The molecular weight excluding hydrogens is 414 g/mol. The number of nitrogens with zero attached hydrogens (tertiary/aromatic N) is 2. The molecule has 1 saturated carbocycles. The number of carbonyl (C=O) groups excluding carboxylic acids is 3. The molecule has 3 amide bonds. The Morgan fingerprint density at radius 3 is 2.35 bits per heavy atom. The molecule has 9 heteroatoms. The summed E-state index contributed by atoms with van der Waals surface area (Å²) >= 11 is 0.808. The first-order valence-electron chi connectivity index (χ1n) is 10.5. The van der Waals surface area contributed by atoms with Gasteiger partial charge in [-0.3, -0.25) is 19.3 Å². The molecule has 0 radical (unpaired) electrons. The van der Waals surface area contributed by atoms with E-state index in [-0.39, 0.29) is 34.8 Å². The third kappa shape index (κ3) is 5.41. The maximum Gasteiger partial charge on any atom is 0.272 e. The van der Waals surface area contributed by atoms with Gasteiger partial charge in [-0.15, -0.1) is 0 Å². The molecule has 0 spiro atoms. The molecule has 8 nitrogen and oxygen atoms in total. The first-order valence-corrected chi connectivity index (χ1v) is 11.3. The fourth-order valence-electron chi connectivity index (χ4n) is 3.74. The average Bonchev–Trinajstić information content (AvgIpc) is 3.14. The van der Waals surface area contributed by atoms with E-state index in [1.165, 1.54) is 11.3 Å². The summed E-state index contributed by atoms with van der Waals surface area (Å²) in [5.41, 5.74) is 12.8. The van der Waals surface area contributed by atoms with Gasteiger partial charge < -0.3 is 16.8 Å². The Morgan fingerprint density at radius 2 is 1.81 bits per heavy atom. The minimum absolute atomic E-state index is 0.0565. The van der Waals surface area contributed by atoms with Crippen molar-refractivity contribution in [1.82, 2.24) is 9.69 Å². The molecule has 0 unspecified atom stereocenters. The minimum atomic E-state index is -0.796. The third-order valence-electron chi connectivity index (χ3n) is 5.54. The number of carbonyl (C=O) groups is 3. The summed E-state index contributed by atoms with van der Waals surface area (Å²) in [5, 5.41) is 3.04. The molecule has 1 aromatic carbocycles. The van der Waals surface area contributed by atoms with Gasteiger partial charge in [-0.2, -0.15) is 4.37 Å². The Labute approximate surface area is 186 Å². The molecule has 0 atom stereocenters. The van der Waals surface area contributed by atoms with Crippen LogP contribution in [0.25, 0.3) is 0 Å². The molecule has 166 valence electrons. The van der Waals surface area contributed by atoms with Crippen LogP contribution in [-0.4, -0.2) is 34.7 Å². The smallest absolute Gasteiger partial charge is 0.272 e. The van der Waals surface area contributed by atoms with E-state index in [0.29, 0.717) is 11.6 Å². The lowest BCUT2D eigenvalue weighted by Gasteiger charge is -2.26. The average molecular weight is 444 g/mol. The van der Waals surface area contributed by atoms with Gasteiger partial charge in [0.2, 0.25) is 5.91 Å². The van der Waals surface area contributed by atoms with Gasteiger partial charge >= 0.3 is 0 Å². The Hall–Kier alpha value is -2.94. The van der Waals surface area contributed by atoms with Crippen molar-refractivity contribution in [3.05, 3.63) is 40.4 Å². The normalized spacial score (nSPS) is 14.4. The molecule has 1 aliphatic carbocycles. The van der Waals surface area contributed by atoms with Crippen LogP contribution in [0.3, 0.4) is 0 Å². The number of benzene rings is 1. The lowest BCUT2D eigenvalue weighted by molar-refractivity contribution is -0.120. The van der Waals surface area contributed by atoms with Crippen LogP contribution in [0.5, 0.6) is 0 Å². The zero-order valence-electron chi connectivity index (χ0n) is 17.9. The molecular formula is C22H29N5O3S. The summed E-state index contributed by atoms with van der Waals surface area (Å²) < 4.78 is 3.92. The Morgan fingerprint density at radius 1 is 1.16 bits per heavy atom. The van der Waals surface area contributed by atoms with Crippen LogP contribution in [0.2, 0.25) is 0 Å². The molecule has 0 bridgehead atoms. The number of rotatable bonds is 7. The number of hydrogen-bond acceptors (Lipinski definition) is 6. The third-order valence-corrected chi connectivity index (χ3v) is 6.40. The molecule has 3 rings (SSSR count). The number of aromatic nitrogens is 1. The summed E-state index contributed by atoms with van der Waals surface area (Å²) in [7, 11) is 0. The highest BCUT2D eigenvalue weighted by Crippen LogP contribution is 2.27. The van der Waals surface area contributed by atoms with Crippen LogP contribution in [0, 0.1) is 0 Å². The SMILES string of the molecule is CC(C)c1ccc(N(CC(=O)NC2CCCCC2)C(=O)c2snc(C(N)=O)c2N)cc1. The molecule has 0 aliphatic heterocycles. The summed E-state index contributed by atoms with van der Waals surface area (Å²) in [6.07, 6.45) is 5.28. The Bertz CT molecular complexity index is 949. The second-order valence-corrected chi connectivity index (χ2v) is 8.95. The van der Waals surface area contributed by atoms with Crippen LogP contribution >= 0.6 is 11.5 Å². The molecule has 1 aromatic heterocycles. The highest BCUT2D eigenvalue weighted by Gasteiger charge is 2.28. The molecule has 1 aliphatic rings. The number of hydrogen-bond donors (Lipinski definition) is 3. The highest BCUT2D eigenvalue weighted by atomic mass is 32.1. The van der Waals surface area contributed by atoms with Gasteiger partial charge in [0.05, 0.1) is 5.69 Å². The molecule has 2 aromatic rings. The monoisotopic (exact) mass is 443 g/mol. The van der Waals surface area contributed by atoms with Gasteiger partial charge in [0.15, 0.2) is 5.69 Å². The lowest BCUT2D eigenvalue weighted by Crippen LogP contribution is -2.45. The van der Waals surface area contributed by atoms with Crippen LogP contribution in [0.1, 0.15) is 77.6 Å². The van der Waals surface area contributed by atoms with E-state index in [4.69, 9.17) is 11.5 Å². The van der Waals surface area contributed by atoms with Gasteiger partial charge in [-0.1, -0.05) is 45.2 Å². The van der Waals surface area contributed by atoms with E-state index in [9.17, 15) is 14.4 Å². The van der Waals surface area contributed by atoms with Crippen molar-refractivity contribution in [2.24, 2.45) is 5.73 Å². The summed E-state index contributed by atoms with van der Waals surface area (Å²) in [6.45, 7) is 4.01. The fraction of sp³-hybridized carbons (Fsp3) is 0.455. The number of amides is 3. The van der Waals surface area contributed by atoms with Gasteiger partial charge in [0.25, 0.3) is 11.8 Å². The van der Waals surface area contributed by atoms with E-state index < -0.39 is 11.8 Å². The highest BCUT2D eigenvalue weighted by molar-refractivity contribution is 7.09. The predicted molar refractivity (Wildman–Crippen MR) is 122 cm³/mol. The van der Waals surface area contributed by atoms with Gasteiger partial charge in [0, 0.05) is 11.7 Å². The van der Waals surface area contributed by atoms with Gasteiger partial charge in [-0.05, 0) is 48.0 Å². The van der Waals surface area contributed by atoms with Crippen LogP contribution < -0.4 is 21.7 Å². The lowest BCUT2D eigenvalue weighted by atomic mass is 9.95. The van der Waals surface area contributed by atoms with E-state index in [1.807, 2.05) is 24.3 Å². The Balaban J connectivity index is 1.87. The fourth-order valence-corrected chi connectivity index (χ4v) is 4.49. The first-order chi connectivity index (χ1) is 14.8. The summed E-state index contributed by atoms with van der Waals surface area (Å²) in [4.78, 5) is 39.1. The zero-order chi connectivity index (χ0) is 22.5. The van der Waals surface area contributed by atoms with Crippen molar-refractivity contribution >= 4 is 40.6 Å². The predicted octanol–water partition coefficient (Wildman–Crippen LogP) is 3.04. The second-order valence-electron chi connectivity index (χ2n) is 8.18. The maximum absolute atomic E-state index is 13.3. The van der Waals surface area contributed by atoms with Crippen LogP contribution in [0.4, 0.5) is 11.4 Å².